The van der Waals surface area contributed by atoms with E-state index in [0.29, 0.717) is 12.3 Å². The van der Waals surface area contributed by atoms with Gasteiger partial charge in [-0.15, -0.1) is 0 Å². The molecule has 0 aliphatic rings. The van der Waals surface area contributed by atoms with Gasteiger partial charge in [0, 0.05) is 5.69 Å². The van der Waals surface area contributed by atoms with E-state index >= 15 is 0 Å². The average molecular weight is 178 g/mol. The Labute approximate surface area is 77.7 Å². The molecule has 1 N–H and O–H groups in total. The topological polar surface area (TPSA) is 38.3 Å². The van der Waals surface area contributed by atoms with E-state index in [0.717, 1.165) is 5.56 Å². The van der Waals surface area contributed by atoms with Gasteiger partial charge in [-0.25, -0.2) is 4.79 Å². The molecule has 0 saturated carbocycles. The summed E-state index contributed by atoms with van der Waals surface area (Å²) in [6, 6.07) is 7.24. The Morgan fingerprint density at radius 1 is 1.62 bits per heavy atom. The van der Waals surface area contributed by atoms with Crippen molar-refractivity contribution in [3.8, 4) is 0 Å². The molecule has 0 saturated heterocycles. The molecule has 1 rings (SSSR count). The van der Waals surface area contributed by atoms with Crippen LogP contribution >= 0.6 is 0 Å². The molecule has 1 amide bonds. The van der Waals surface area contributed by atoms with Crippen molar-refractivity contribution in [3.63, 3.8) is 0 Å². The number of nitrogens with one attached hydrogen (secondary N) is 1. The highest BCUT2D eigenvalue weighted by atomic mass is 16.5. The Balaban J connectivity index is 2.58. The SMILES string of the molecule is [CH2]c1cccc(NC(=O)OCC)c1. The Hall–Kier alpha value is -1.51. The van der Waals surface area contributed by atoms with Crippen LogP contribution in [-0.2, 0) is 4.74 Å². The normalized spacial score (nSPS) is 9.38. The van der Waals surface area contributed by atoms with Crippen molar-refractivity contribution >= 4 is 11.8 Å². The molecule has 3 heteroatoms. The second kappa shape index (κ2) is 4.50. The van der Waals surface area contributed by atoms with Crippen LogP contribution in [0.2, 0.25) is 0 Å². The summed E-state index contributed by atoms with van der Waals surface area (Å²) in [7, 11) is 0. The van der Waals surface area contributed by atoms with Gasteiger partial charge in [-0.1, -0.05) is 12.1 Å². The average Bonchev–Trinajstić information content (AvgIpc) is 2.04. The van der Waals surface area contributed by atoms with Crippen LogP contribution in [0.1, 0.15) is 12.5 Å². The van der Waals surface area contributed by atoms with Crippen LogP contribution in [0.15, 0.2) is 24.3 Å². The molecule has 0 heterocycles. The van der Waals surface area contributed by atoms with Crippen LogP contribution in [0.3, 0.4) is 0 Å². The summed E-state index contributed by atoms with van der Waals surface area (Å²) < 4.78 is 4.72. The zero-order valence-corrected chi connectivity index (χ0v) is 7.54. The zero-order chi connectivity index (χ0) is 9.68. The molecule has 13 heavy (non-hydrogen) atoms. The number of rotatable bonds is 2. The van der Waals surface area contributed by atoms with Gasteiger partial charge in [-0.3, -0.25) is 5.32 Å². The molecule has 0 bridgehead atoms. The van der Waals surface area contributed by atoms with E-state index in [2.05, 4.69) is 12.2 Å². The van der Waals surface area contributed by atoms with E-state index < -0.39 is 6.09 Å². The lowest BCUT2D eigenvalue weighted by atomic mass is 10.2. The number of hydrogen-bond donors (Lipinski definition) is 1. The second-order valence-electron chi connectivity index (χ2n) is 2.55. The van der Waals surface area contributed by atoms with Gasteiger partial charge in [0.2, 0.25) is 0 Å². The molecule has 0 fully saturated rings. The fourth-order valence-corrected chi connectivity index (χ4v) is 0.934. The highest BCUT2D eigenvalue weighted by Gasteiger charge is 2.00. The van der Waals surface area contributed by atoms with Crippen molar-refractivity contribution in [2.45, 2.75) is 6.92 Å². The van der Waals surface area contributed by atoms with Gasteiger partial charge >= 0.3 is 6.09 Å². The van der Waals surface area contributed by atoms with Crippen molar-refractivity contribution in [2.24, 2.45) is 0 Å². The maximum absolute atomic E-state index is 11.0. The highest BCUT2D eigenvalue weighted by Crippen LogP contribution is 2.09. The third-order valence-electron chi connectivity index (χ3n) is 1.45. The van der Waals surface area contributed by atoms with Crippen molar-refractivity contribution in [1.29, 1.82) is 0 Å². The van der Waals surface area contributed by atoms with Gasteiger partial charge in [0.25, 0.3) is 0 Å². The number of carbonyl (C=O) groups excluding carboxylic acids is 1. The second-order valence-corrected chi connectivity index (χ2v) is 2.55. The van der Waals surface area contributed by atoms with Gasteiger partial charge in [0.1, 0.15) is 0 Å². The summed E-state index contributed by atoms with van der Waals surface area (Å²) in [6.07, 6.45) is -0.437. The summed E-state index contributed by atoms with van der Waals surface area (Å²) in [6.45, 7) is 5.87. The Morgan fingerprint density at radius 3 is 3.00 bits per heavy atom. The first-order valence-electron chi connectivity index (χ1n) is 4.08. The van der Waals surface area contributed by atoms with E-state index in [1.165, 1.54) is 0 Å². The third-order valence-corrected chi connectivity index (χ3v) is 1.45. The molecule has 0 aliphatic heterocycles. The summed E-state index contributed by atoms with van der Waals surface area (Å²) in [5, 5.41) is 2.58. The predicted octanol–water partition coefficient (Wildman–Crippen LogP) is 2.44. The first kappa shape index (κ1) is 9.58. The summed E-state index contributed by atoms with van der Waals surface area (Å²) in [5.41, 5.74) is 1.56. The lowest BCUT2D eigenvalue weighted by Gasteiger charge is -2.04. The van der Waals surface area contributed by atoms with Crippen LogP contribution in [0, 0.1) is 6.92 Å². The quantitative estimate of drug-likeness (QED) is 0.755. The van der Waals surface area contributed by atoms with E-state index in [-0.39, 0.29) is 0 Å². The number of ether oxygens (including phenoxy) is 1. The lowest BCUT2D eigenvalue weighted by Crippen LogP contribution is -2.13. The summed E-state index contributed by atoms with van der Waals surface area (Å²) in [5.74, 6) is 0. The number of carbonyl (C=O) groups is 1. The van der Waals surface area contributed by atoms with Crippen LogP contribution < -0.4 is 5.32 Å². The summed E-state index contributed by atoms with van der Waals surface area (Å²) >= 11 is 0. The largest absolute Gasteiger partial charge is 0.450 e. The molecule has 0 unspecified atom stereocenters. The predicted molar refractivity (Wildman–Crippen MR) is 51.5 cm³/mol. The molecule has 0 atom stereocenters. The smallest absolute Gasteiger partial charge is 0.411 e. The van der Waals surface area contributed by atoms with E-state index in [1.807, 2.05) is 12.1 Å². The van der Waals surface area contributed by atoms with E-state index in [4.69, 9.17) is 4.74 Å². The van der Waals surface area contributed by atoms with Crippen LogP contribution in [-0.4, -0.2) is 12.7 Å². The third kappa shape index (κ3) is 3.15. The fraction of sp³-hybridized carbons (Fsp3) is 0.200. The van der Waals surface area contributed by atoms with Crippen molar-refractivity contribution in [2.75, 3.05) is 11.9 Å². The maximum Gasteiger partial charge on any atom is 0.411 e. The Kier molecular flexibility index (Phi) is 3.31. The number of hydrogen-bond acceptors (Lipinski definition) is 2. The molecule has 69 valence electrons. The molecule has 0 aliphatic carbocycles. The standard InChI is InChI=1S/C10H12NO2/c1-3-13-10(12)11-9-6-4-5-8(2)7-9/h4-7H,2-3H2,1H3,(H,11,12). The molecule has 1 aromatic rings. The Bertz CT molecular complexity index is 297. The van der Waals surface area contributed by atoms with Gasteiger partial charge in [-0.05, 0) is 31.5 Å². The minimum absolute atomic E-state index is 0.371. The first-order chi connectivity index (χ1) is 6.22. The molecular formula is C10H12NO2. The van der Waals surface area contributed by atoms with Crippen LogP contribution in [0.5, 0.6) is 0 Å². The van der Waals surface area contributed by atoms with Gasteiger partial charge < -0.3 is 4.74 Å². The minimum Gasteiger partial charge on any atom is -0.450 e. The minimum atomic E-state index is -0.437. The van der Waals surface area contributed by atoms with Crippen molar-refractivity contribution in [1.82, 2.24) is 0 Å². The maximum atomic E-state index is 11.0. The monoisotopic (exact) mass is 178 g/mol. The Morgan fingerprint density at radius 2 is 2.38 bits per heavy atom. The van der Waals surface area contributed by atoms with E-state index in [9.17, 15) is 4.79 Å². The first-order valence-corrected chi connectivity index (χ1v) is 4.08. The molecule has 1 aromatic carbocycles. The molecule has 0 aromatic heterocycles. The zero-order valence-electron chi connectivity index (χ0n) is 7.54. The van der Waals surface area contributed by atoms with E-state index in [1.54, 1.807) is 19.1 Å². The fourth-order valence-electron chi connectivity index (χ4n) is 0.934. The van der Waals surface area contributed by atoms with Crippen molar-refractivity contribution in [3.05, 3.63) is 36.8 Å². The molecule has 0 spiro atoms. The lowest BCUT2D eigenvalue weighted by molar-refractivity contribution is 0.168. The van der Waals surface area contributed by atoms with Crippen LogP contribution in [0.4, 0.5) is 10.5 Å². The van der Waals surface area contributed by atoms with Crippen molar-refractivity contribution < 1.29 is 9.53 Å². The molecule has 3 nitrogen and oxygen atoms in total. The molecule has 1 radical (unpaired) electrons. The number of benzene rings is 1. The number of amides is 1. The van der Waals surface area contributed by atoms with Gasteiger partial charge in [0.05, 0.1) is 6.61 Å². The van der Waals surface area contributed by atoms with Gasteiger partial charge in [0.15, 0.2) is 0 Å². The number of anilines is 1. The molecular weight excluding hydrogens is 166 g/mol. The van der Waals surface area contributed by atoms with Gasteiger partial charge in [-0.2, -0.15) is 0 Å². The van der Waals surface area contributed by atoms with Crippen LogP contribution in [0.25, 0.3) is 0 Å². The summed E-state index contributed by atoms with van der Waals surface area (Å²) in [4.78, 5) is 11.0. The highest BCUT2D eigenvalue weighted by molar-refractivity contribution is 5.84.